The minimum atomic E-state index is -0.563. The Bertz CT molecular complexity index is 904. The third kappa shape index (κ3) is 7.10. The molecule has 0 aromatic heterocycles. The molecular weight excluding hydrogens is 456 g/mol. The average molecular weight is 489 g/mol. The Balaban J connectivity index is 2.25. The van der Waals surface area contributed by atoms with Crippen LogP contribution in [0.3, 0.4) is 0 Å². The highest BCUT2D eigenvalue weighted by atomic mass is 79.9. The number of hydrogen-bond donors (Lipinski definition) is 1. The maximum absolute atomic E-state index is 13.2. The molecule has 0 unspecified atom stereocenters. The van der Waals surface area contributed by atoms with Gasteiger partial charge >= 0.3 is 0 Å². The van der Waals surface area contributed by atoms with Gasteiger partial charge in [-0.05, 0) is 69.9 Å². The molecule has 0 spiro atoms. The number of carbonyl (C=O) groups excluding carboxylic acids is 2. The second kappa shape index (κ2) is 11.3. The molecule has 0 radical (unpaired) electrons. The van der Waals surface area contributed by atoms with Crippen molar-refractivity contribution in [3.63, 3.8) is 0 Å². The molecule has 168 valence electrons. The highest BCUT2D eigenvalue weighted by Gasteiger charge is 2.29. The van der Waals surface area contributed by atoms with Crippen LogP contribution in [0.4, 0.5) is 0 Å². The SMILES string of the molecule is CC[C@H](C(=O)NC(C)C)N(Cc1cccc(C)c1)C(=O)COc1cc(C)c(Br)c(C)c1. The summed E-state index contributed by atoms with van der Waals surface area (Å²) in [7, 11) is 0. The van der Waals surface area contributed by atoms with E-state index in [2.05, 4.69) is 21.2 Å². The molecule has 5 nitrogen and oxygen atoms in total. The molecule has 2 amide bonds. The number of nitrogens with zero attached hydrogens (tertiary/aromatic N) is 1. The van der Waals surface area contributed by atoms with E-state index in [4.69, 9.17) is 4.74 Å². The number of hydrogen-bond acceptors (Lipinski definition) is 3. The first kappa shape index (κ1) is 24.9. The monoisotopic (exact) mass is 488 g/mol. The van der Waals surface area contributed by atoms with Crippen LogP contribution >= 0.6 is 15.9 Å². The molecule has 2 aromatic rings. The molecule has 0 saturated heterocycles. The zero-order chi connectivity index (χ0) is 23.1. The molecule has 1 atom stereocenters. The van der Waals surface area contributed by atoms with E-state index in [0.717, 1.165) is 26.7 Å². The van der Waals surface area contributed by atoms with Gasteiger partial charge in [0.1, 0.15) is 11.8 Å². The van der Waals surface area contributed by atoms with Gasteiger partial charge in [-0.1, -0.05) is 52.7 Å². The summed E-state index contributed by atoms with van der Waals surface area (Å²) < 4.78 is 6.87. The molecule has 0 bridgehead atoms. The van der Waals surface area contributed by atoms with Gasteiger partial charge < -0.3 is 15.0 Å². The van der Waals surface area contributed by atoms with Crippen molar-refractivity contribution in [3.05, 3.63) is 63.1 Å². The Morgan fingerprint density at radius 2 is 1.74 bits per heavy atom. The van der Waals surface area contributed by atoms with E-state index in [1.165, 1.54) is 0 Å². The summed E-state index contributed by atoms with van der Waals surface area (Å²) in [6, 6.07) is 11.2. The molecule has 2 aromatic carbocycles. The van der Waals surface area contributed by atoms with Crippen molar-refractivity contribution in [2.45, 2.75) is 66.6 Å². The fourth-order valence-electron chi connectivity index (χ4n) is 3.52. The second-order valence-corrected chi connectivity index (χ2v) is 9.05. The number of nitrogens with one attached hydrogen (secondary N) is 1. The van der Waals surface area contributed by atoms with Crippen LogP contribution in [0, 0.1) is 20.8 Å². The van der Waals surface area contributed by atoms with Crippen LogP contribution in [-0.4, -0.2) is 35.4 Å². The van der Waals surface area contributed by atoms with Gasteiger partial charge in [-0.25, -0.2) is 0 Å². The van der Waals surface area contributed by atoms with Gasteiger partial charge in [0, 0.05) is 17.1 Å². The standard InChI is InChI=1S/C25H33BrN2O3/c1-7-22(25(30)27-16(2)3)28(14-20-10-8-9-17(4)11-20)23(29)15-31-21-12-18(5)24(26)19(6)13-21/h8-13,16,22H,7,14-15H2,1-6H3,(H,27,30)/t22-/m1/s1. The van der Waals surface area contributed by atoms with E-state index in [9.17, 15) is 9.59 Å². The molecule has 0 aliphatic rings. The van der Waals surface area contributed by atoms with Crippen LogP contribution < -0.4 is 10.1 Å². The largest absolute Gasteiger partial charge is 0.484 e. The Morgan fingerprint density at radius 3 is 2.29 bits per heavy atom. The Labute approximate surface area is 194 Å². The van der Waals surface area contributed by atoms with Crippen molar-refractivity contribution in [2.24, 2.45) is 0 Å². The molecular formula is C25H33BrN2O3. The van der Waals surface area contributed by atoms with Crippen molar-refractivity contribution in [1.82, 2.24) is 10.2 Å². The normalized spacial score (nSPS) is 11.9. The quantitative estimate of drug-likeness (QED) is 0.534. The van der Waals surface area contributed by atoms with Crippen LogP contribution in [0.25, 0.3) is 0 Å². The average Bonchev–Trinajstić information content (AvgIpc) is 2.69. The zero-order valence-corrected chi connectivity index (χ0v) is 20.9. The lowest BCUT2D eigenvalue weighted by Gasteiger charge is -2.31. The summed E-state index contributed by atoms with van der Waals surface area (Å²) in [6.07, 6.45) is 0.520. The molecule has 0 saturated carbocycles. The number of halogens is 1. The summed E-state index contributed by atoms with van der Waals surface area (Å²) in [5, 5.41) is 2.94. The van der Waals surface area contributed by atoms with E-state index in [1.54, 1.807) is 4.90 Å². The fourth-order valence-corrected chi connectivity index (χ4v) is 3.75. The van der Waals surface area contributed by atoms with Crippen molar-refractivity contribution >= 4 is 27.7 Å². The lowest BCUT2D eigenvalue weighted by atomic mass is 10.1. The van der Waals surface area contributed by atoms with Crippen LogP contribution in [0.2, 0.25) is 0 Å². The topological polar surface area (TPSA) is 58.6 Å². The number of benzene rings is 2. The van der Waals surface area contributed by atoms with Crippen LogP contribution in [-0.2, 0) is 16.1 Å². The number of aryl methyl sites for hydroxylation is 3. The second-order valence-electron chi connectivity index (χ2n) is 8.26. The Kier molecular flexibility index (Phi) is 9.11. The predicted octanol–water partition coefficient (Wildman–Crippen LogP) is 5.09. The van der Waals surface area contributed by atoms with Crippen LogP contribution in [0.1, 0.15) is 49.4 Å². The third-order valence-corrected chi connectivity index (χ3v) is 6.28. The first-order valence-electron chi connectivity index (χ1n) is 10.7. The molecule has 2 rings (SSSR count). The number of ether oxygens (including phenoxy) is 1. The molecule has 31 heavy (non-hydrogen) atoms. The fraction of sp³-hybridized carbons (Fsp3) is 0.440. The van der Waals surface area contributed by atoms with Crippen molar-refractivity contribution in [1.29, 1.82) is 0 Å². The predicted molar refractivity (Wildman–Crippen MR) is 128 cm³/mol. The van der Waals surface area contributed by atoms with Gasteiger partial charge in [-0.3, -0.25) is 9.59 Å². The maximum atomic E-state index is 13.2. The minimum Gasteiger partial charge on any atom is -0.484 e. The third-order valence-electron chi connectivity index (χ3n) is 5.02. The summed E-state index contributed by atoms with van der Waals surface area (Å²) in [4.78, 5) is 27.7. The lowest BCUT2D eigenvalue weighted by Crippen LogP contribution is -2.51. The summed E-state index contributed by atoms with van der Waals surface area (Å²) in [6.45, 7) is 12.0. The summed E-state index contributed by atoms with van der Waals surface area (Å²) in [5.74, 6) is 0.279. The van der Waals surface area contributed by atoms with Gasteiger partial charge in [0.2, 0.25) is 5.91 Å². The van der Waals surface area contributed by atoms with Crippen molar-refractivity contribution < 1.29 is 14.3 Å². The van der Waals surface area contributed by atoms with Gasteiger partial charge in [0.05, 0.1) is 0 Å². The van der Waals surface area contributed by atoms with Crippen LogP contribution in [0.15, 0.2) is 40.9 Å². The molecule has 0 aliphatic carbocycles. The lowest BCUT2D eigenvalue weighted by molar-refractivity contribution is -0.143. The number of rotatable bonds is 9. The highest BCUT2D eigenvalue weighted by molar-refractivity contribution is 9.10. The van der Waals surface area contributed by atoms with Gasteiger partial charge in [0.15, 0.2) is 6.61 Å². The van der Waals surface area contributed by atoms with Gasteiger partial charge in [-0.15, -0.1) is 0 Å². The van der Waals surface area contributed by atoms with Crippen molar-refractivity contribution in [2.75, 3.05) is 6.61 Å². The number of amides is 2. The highest BCUT2D eigenvalue weighted by Crippen LogP contribution is 2.26. The van der Waals surface area contributed by atoms with E-state index < -0.39 is 6.04 Å². The van der Waals surface area contributed by atoms with Crippen LogP contribution in [0.5, 0.6) is 5.75 Å². The summed E-state index contributed by atoms with van der Waals surface area (Å²) >= 11 is 3.55. The molecule has 1 N–H and O–H groups in total. The number of carbonyl (C=O) groups is 2. The minimum absolute atomic E-state index is 0.00226. The molecule has 0 aliphatic heterocycles. The van der Waals surface area contributed by atoms with Crippen molar-refractivity contribution in [3.8, 4) is 5.75 Å². The Hall–Kier alpha value is -2.34. The van der Waals surface area contributed by atoms with E-state index in [-0.39, 0.29) is 24.5 Å². The van der Waals surface area contributed by atoms with Gasteiger partial charge in [0.25, 0.3) is 5.91 Å². The van der Waals surface area contributed by atoms with E-state index in [1.807, 2.05) is 77.9 Å². The molecule has 0 heterocycles. The molecule has 6 heteroatoms. The first-order chi connectivity index (χ1) is 14.6. The smallest absolute Gasteiger partial charge is 0.261 e. The molecule has 0 fully saturated rings. The Morgan fingerprint density at radius 1 is 1.10 bits per heavy atom. The zero-order valence-electron chi connectivity index (χ0n) is 19.3. The van der Waals surface area contributed by atoms with E-state index in [0.29, 0.717) is 18.7 Å². The maximum Gasteiger partial charge on any atom is 0.261 e. The van der Waals surface area contributed by atoms with Gasteiger partial charge in [-0.2, -0.15) is 0 Å². The first-order valence-corrected chi connectivity index (χ1v) is 11.5. The van der Waals surface area contributed by atoms with E-state index >= 15 is 0 Å². The summed E-state index contributed by atoms with van der Waals surface area (Å²) in [5.41, 5.74) is 4.18.